The fourth-order valence-electron chi connectivity index (χ4n) is 2.31. The number of rotatable bonds is 6. The molecule has 0 aliphatic carbocycles. The second-order valence-corrected chi connectivity index (χ2v) is 12.0. The van der Waals surface area contributed by atoms with E-state index in [1.165, 1.54) is 7.11 Å². The molecule has 1 aliphatic heterocycles. The minimum Gasteiger partial charge on any atom is -0.467 e. The molecule has 2 atom stereocenters. The Hall–Kier alpha value is -0.753. The van der Waals surface area contributed by atoms with Crippen molar-refractivity contribution in [3.05, 3.63) is 0 Å². The number of carbonyl (C=O) groups excluding carboxylic acids is 1. The van der Waals surface area contributed by atoms with Crippen molar-refractivity contribution < 1.29 is 14.0 Å². The molecule has 5 nitrogen and oxygen atoms in total. The molecule has 0 N–H and O–H groups in total. The summed E-state index contributed by atoms with van der Waals surface area (Å²) in [6, 6.07) is 0. The zero-order valence-electron chi connectivity index (χ0n) is 14.5. The Labute approximate surface area is 129 Å². The van der Waals surface area contributed by atoms with E-state index in [9.17, 15) is 4.79 Å². The third-order valence-electron chi connectivity index (χ3n) is 4.71. The Kier molecular flexibility index (Phi) is 5.72. The van der Waals surface area contributed by atoms with Crippen LogP contribution in [-0.2, 0) is 14.0 Å². The molecule has 0 amide bonds. The Morgan fingerprint density at radius 2 is 2.00 bits per heavy atom. The summed E-state index contributed by atoms with van der Waals surface area (Å²) in [6.45, 7) is 13.7. The van der Waals surface area contributed by atoms with Crippen LogP contribution in [0.15, 0.2) is 10.2 Å². The molecule has 1 heterocycles. The van der Waals surface area contributed by atoms with Crippen molar-refractivity contribution in [1.29, 1.82) is 0 Å². The second kappa shape index (κ2) is 6.56. The van der Waals surface area contributed by atoms with Crippen LogP contribution in [0, 0.1) is 0 Å². The van der Waals surface area contributed by atoms with E-state index < -0.39 is 13.9 Å². The van der Waals surface area contributed by atoms with Gasteiger partial charge in [-0.15, -0.1) is 0 Å². The highest BCUT2D eigenvalue weighted by Crippen LogP contribution is 2.41. The van der Waals surface area contributed by atoms with Gasteiger partial charge in [-0.2, -0.15) is 10.2 Å². The van der Waals surface area contributed by atoms with Crippen molar-refractivity contribution in [1.82, 2.24) is 0 Å². The lowest BCUT2D eigenvalue weighted by atomic mass is 9.88. The summed E-state index contributed by atoms with van der Waals surface area (Å²) < 4.78 is 11.5. The second-order valence-electron chi connectivity index (χ2n) is 7.29. The molecule has 0 aromatic heterocycles. The summed E-state index contributed by atoms with van der Waals surface area (Å²) in [4.78, 5) is 12.3. The van der Waals surface area contributed by atoms with Crippen LogP contribution in [0.4, 0.5) is 0 Å². The summed E-state index contributed by atoms with van der Waals surface area (Å²) in [5, 5.41) is 8.42. The number of azo groups is 1. The number of ether oxygens (including phenoxy) is 1. The van der Waals surface area contributed by atoms with Gasteiger partial charge in [0.05, 0.1) is 19.8 Å². The number of hydrogen-bond donors (Lipinski definition) is 0. The first-order valence-electron chi connectivity index (χ1n) is 7.75. The molecular formula is C15H30N2O3Si. The molecule has 0 saturated carbocycles. The average Bonchev–Trinajstić information content (AvgIpc) is 2.86. The first-order chi connectivity index (χ1) is 9.60. The van der Waals surface area contributed by atoms with Crippen LogP contribution >= 0.6 is 0 Å². The lowest BCUT2D eigenvalue weighted by molar-refractivity contribution is -0.151. The predicted molar refractivity (Wildman–Crippen MR) is 86.1 cm³/mol. The van der Waals surface area contributed by atoms with Gasteiger partial charge in [-0.3, -0.25) is 0 Å². The monoisotopic (exact) mass is 314 g/mol. The molecule has 122 valence electrons. The number of carbonyl (C=O) groups is 1. The highest BCUT2D eigenvalue weighted by molar-refractivity contribution is 6.74. The first-order valence-corrected chi connectivity index (χ1v) is 10.7. The smallest absolute Gasteiger partial charge is 0.338 e. The van der Waals surface area contributed by atoms with Gasteiger partial charge in [-0.1, -0.05) is 34.1 Å². The van der Waals surface area contributed by atoms with E-state index in [-0.39, 0.29) is 17.1 Å². The van der Waals surface area contributed by atoms with Crippen LogP contribution in [0.2, 0.25) is 18.1 Å². The number of nitrogens with zero attached hydrogens (tertiary/aromatic N) is 2. The highest BCUT2D eigenvalue weighted by Gasteiger charge is 2.53. The van der Waals surface area contributed by atoms with Gasteiger partial charge in [-0.25, -0.2) is 4.79 Å². The molecule has 0 saturated heterocycles. The van der Waals surface area contributed by atoms with Crippen molar-refractivity contribution in [3.63, 3.8) is 0 Å². The van der Waals surface area contributed by atoms with Crippen LogP contribution in [-0.4, -0.2) is 39.6 Å². The summed E-state index contributed by atoms with van der Waals surface area (Å²) in [7, 11) is -0.578. The van der Waals surface area contributed by atoms with Crippen molar-refractivity contribution in [2.45, 2.75) is 76.7 Å². The maximum Gasteiger partial charge on any atom is 0.338 e. The standard InChI is InChI=1S/C15H30N2O3Si/c1-8-9-12(20-21(6,7)14(2,3)4)15(13(18)19-5)10-11-16-17-15/h12H,8-11H2,1-7H3/t12-,15+/m0/s1. The maximum atomic E-state index is 12.3. The van der Waals surface area contributed by atoms with Crippen molar-refractivity contribution in [2.24, 2.45) is 10.2 Å². The normalized spacial score (nSPS) is 24.1. The van der Waals surface area contributed by atoms with E-state index in [1.54, 1.807) is 0 Å². The van der Waals surface area contributed by atoms with Crippen molar-refractivity contribution in [3.8, 4) is 0 Å². The lowest BCUT2D eigenvalue weighted by Gasteiger charge is -2.42. The average molecular weight is 315 g/mol. The van der Waals surface area contributed by atoms with E-state index in [0.717, 1.165) is 12.8 Å². The number of methoxy groups -OCH3 is 1. The van der Waals surface area contributed by atoms with Gasteiger partial charge >= 0.3 is 5.97 Å². The van der Waals surface area contributed by atoms with Gasteiger partial charge < -0.3 is 9.16 Å². The molecule has 0 radical (unpaired) electrons. The molecule has 0 bridgehead atoms. The Morgan fingerprint density at radius 1 is 1.38 bits per heavy atom. The third kappa shape index (κ3) is 3.72. The van der Waals surface area contributed by atoms with Gasteiger partial charge in [0.15, 0.2) is 8.32 Å². The SMILES string of the molecule is CCC[C@H](O[Si](C)(C)C(C)(C)C)[C@@]1(C(=O)OC)CCN=N1. The highest BCUT2D eigenvalue weighted by atomic mass is 28.4. The molecule has 1 rings (SSSR count). The largest absolute Gasteiger partial charge is 0.467 e. The Morgan fingerprint density at radius 3 is 2.38 bits per heavy atom. The van der Waals surface area contributed by atoms with Gasteiger partial charge in [0, 0.05) is 6.42 Å². The number of hydrogen-bond acceptors (Lipinski definition) is 5. The van der Waals surface area contributed by atoms with Gasteiger partial charge in [0.25, 0.3) is 0 Å². The van der Waals surface area contributed by atoms with E-state index in [4.69, 9.17) is 9.16 Å². The van der Waals surface area contributed by atoms with E-state index in [2.05, 4.69) is 51.0 Å². The minimum atomic E-state index is -1.99. The molecule has 0 fully saturated rings. The van der Waals surface area contributed by atoms with Gasteiger partial charge in [0.2, 0.25) is 5.54 Å². The summed E-state index contributed by atoms with van der Waals surface area (Å²) in [5.41, 5.74) is -0.944. The number of esters is 1. The Balaban J connectivity index is 3.10. The summed E-state index contributed by atoms with van der Waals surface area (Å²) >= 11 is 0. The van der Waals surface area contributed by atoms with Crippen molar-refractivity contribution >= 4 is 14.3 Å². The van der Waals surface area contributed by atoms with E-state index >= 15 is 0 Å². The zero-order valence-corrected chi connectivity index (χ0v) is 15.5. The van der Waals surface area contributed by atoms with Crippen LogP contribution in [0.1, 0.15) is 47.0 Å². The molecule has 21 heavy (non-hydrogen) atoms. The first kappa shape index (κ1) is 18.3. The summed E-state index contributed by atoms with van der Waals surface area (Å²) in [6.07, 6.45) is 2.06. The summed E-state index contributed by atoms with van der Waals surface area (Å²) in [5.74, 6) is -0.319. The molecule has 0 unspecified atom stereocenters. The van der Waals surface area contributed by atoms with Crippen molar-refractivity contribution in [2.75, 3.05) is 13.7 Å². The molecule has 6 heteroatoms. The topological polar surface area (TPSA) is 60.2 Å². The van der Waals surface area contributed by atoms with E-state index in [0.29, 0.717) is 13.0 Å². The predicted octanol–water partition coefficient (Wildman–Crippen LogP) is 3.94. The quantitative estimate of drug-likeness (QED) is 0.551. The molecule has 0 aromatic rings. The fraction of sp³-hybridized carbons (Fsp3) is 0.933. The molecule has 0 spiro atoms. The zero-order chi connectivity index (χ0) is 16.3. The Bertz CT molecular complexity index is 404. The van der Waals surface area contributed by atoms with Gasteiger partial charge in [0.1, 0.15) is 0 Å². The lowest BCUT2D eigenvalue weighted by Crippen LogP contribution is -2.55. The van der Waals surface area contributed by atoms with Crippen LogP contribution in [0.25, 0.3) is 0 Å². The van der Waals surface area contributed by atoms with Crippen LogP contribution in [0.3, 0.4) is 0 Å². The fourth-order valence-corrected chi connectivity index (χ4v) is 3.69. The van der Waals surface area contributed by atoms with Crippen LogP contribution < -0.4 is 0 Å². The molecule has 1 aliphatic rings. The van der Waals surface area contributed by atoms with Gasteiger partial charge in [-0.05, 0) is 24.6 Å². The maximum absolute atomic E-state index is 12.3. The van der Waals surface area contributed by atoms with E-state index in [1.807, 2.05) is 0 Å². The molecule has 0 aromatic carbocycles. The minimum absolute atomic E-state index is 0.0893. The van der Waals surface area contributed by atoms with Crippen LogP contribution in [0.5, 0.6) is 0 Å². The molecular weight excluding hydrogens is 284 g/mol. The third-order valence-corrected chi connectivity index (χ3v) is 9.19.